The number of nitrogens with one attached hydrogen (secondary N) is 1. The zero-order valence-corrected chi connectivity index (χ0v) is 10.6. The highest BCUT2D eigenvalue weighted by Gasteiger charge is 2.21. The van der Waals surface area contributed by atoms with Crippen LogP contribution in [0.2, 0.25) is 0 Å². The van der Waals surface area contributed by atoms with Crippen molar-refractivity contribution in [3.8, 4) is 5.88 Å². The molecule has 1 N–H and O–H groups in total. The van der Waals surface area contributed by atoms with Crippen molar-refractivity contribution in [1.29, 1.82) is 0 Å². The summed E-state index contributed by atoms with van der Waals surface area (Å²) in [5, 5.41) is 3.38. The standard InChI is InChI=1S/C12H18N2O.ClH/c1-9-3-8-14-12(15-2)11(9)10-4-6-13-7-5-10;/h3,8,10,13H,4-7H2,1-2H3;1H. The molecule has 2 heterocycles. The van der Waals surface area contributed by atoms with Crippen LogP contribution in [-0.4, -0.2) is 25.2 Å². The summed E-state index contributed by atoms with van der Waals surface area (Å²) in [5.74, 6) is 1.41. The third kappa shape index (κ3) is 2.66. The predicted molar refractivity (Wildman–Crippen MR) is 67.6 cm³/mol. The summed E-state index contributed by atoms with van der Waals surface area (Å²) in [5.41, 5.74) is 2.61. The van der Waals surface area contributed by atoms with E-state index in [0.717, 1.165) is 19.0 Å². The fourth-order valence-corrected chi connectivity index (χ4v) is 2.31. The maximum atomic E-state index is 5.35. The van der Waals surface area contributed by atoms with Crippen molar-refractivity contribution >= 4 is 12.4 Å². The Kier molecular flexibility index (Phi) is 5.03. The van der Waals surface area contributed by atoms with Gasteiger partial charge >= 0.3 is 0 Å². The Hall–Kier alpha value is -0.800. The van der Waals surface area contributed by atoms with E-state index < -0.39 is 0 Å². The minimum atomic E-state index is 0. The second-order valence-corrected chi connectivity index (χ2v) is 4.08. The molecule has 4 heteroatoms. The van der Waals surface area contributed by atoms with E-state index >= 15 is 0 Å². The number of methoxy groups -OCH3 is 1. The van der Waals surface area contributed by atoms with Gasteiger partial charge in [0.05, 0.1) is 7.11 Å². The molecule has 1 aromatic heterocycles. The number of piperidine rings is 1. The number of ether oxygens (including phenoxy) is 1. The molecule has 0 amide bonds. The fourth-order valence-electron chi connectivity index (χ4n) is 2.31. The van der Waals surface area contributed by atoms with Crippen LogP contribution < -0.4 is 10.1 Å². The monoisotopic (exact) mass is 242 g/mol. The van der Waals surface area contributed by atoms with E-state index in [9.17, 15) is 0 Å². The summed E-state index contributed by atoms with van der Waals surface area (Å²) >= 11 is 0. The van der Waals surface area contributed by atoms with Crippen molar-refractivity contribution in [2.45, 2.75) is 25.7 Å². The fraction of sp³-hybridized carbons (Fsp3) is 0.583. The van der Waals surface area contributed by atoms with E-state index in [4.69, 9.17) is 4.74 Å². The third-order valence-corrected chi connectivity index (χ3v) is 3.11. The average molecular weight is 243 g/mol. The zero-order valence-electron chi connectivity index (χ0n) is 9.82. The number of hydrogen-bond acceptors (Lipinski definition) is 3. The number of rotatable bonds is 2. The summed E-state index contributed by atoms with van der Waals surface area (Å²) in [6, 6.07) is 2.07. The van der Waals surface area contributed by atoms with Crippen LogP contribution in [0.5, 0.6) is 5.88 Å². The largest absolute Gasteiger partial charge is 0.481 e. The molecule has 0 radical (unpaired) electrons. The molecule has 0 bridgehead atoms. The Bertz CT molecular complexity index is 338. The molecule has 16 heavy (non-hydrogen) atoms. The van der Waals surface area contributed by atoms with Crippen LogP contribution in [0.15, 0.2) is 12.3 Å². The molecule has 1 aliphatic heterocycles. The first kappa shape index (κ1) is 13.3. The summed E-state index contributed by atoms with van der Waals surface area (Å²) in [4.78, 5) is 4.29. The maximum absolute atomic E-state index is 5.35. The molecule has 2 rings (SSSR count). The molecule has 1 saturated heterocycles. The van der Waals surface area contributed by atoms with Gasteiger partial charge in [-0.1, -0.05) is 0 Å². The van der Waals surface area contributed by atoms with Crippen LogP contribution >= 0.6 is 12.4 Å². The molecular weight excluding hydrogens is 224 g/mol. The molecule has 0 aliphatic carbocycles. The average Bonchev–Trinajstić information content (AvgIpc) is 2.29. The number of nitrogens with zero attached hydrogens (tertiary/aromatic N) is 1. The Labute approximate surface area is 103 Å². The first-order valence-electron chi connectivity index (χ1n) is 5.53. The van der Waals surface area contributed by atoms with E-state index in [0.29, 0.717) is 5.92 Å². The Morgan fingerprint density at radius 3 is 2.69 bits per heavy atom. The molecule has 1 aliphatic rings. The van der Waals surface area contributed by atoms with Gasteiger partial charge in [-0.15, -0.1) is 12.4 Å². The summed E-state index contributed by atoms with van der Waals surface area (Å²) in [6.45, 7) is 4.34. The van der Waals surface area contributed by atoms with Crippen LogP contribution in [0.1, 0.15) is 29.9 Å². The van der Waals surface area contributed by atoms with Crippen LogP contribution in [0.25, 0.3) is 0 Å². The number of hydrogen-bond donors (Lipinski definition) is 1. The van der Waals surface area contributed by atoms with Crippen molar-refractivity contribution in [2.75, 3.05) is 20.2 Å². The van der Waals surface area contributed by atoms with Gasteiger partial charge in [0.2, 0.25) is 5.88 Å². The maximum Gasteiger partial charge on any atom is 0.216 e. The van der Waals surface area contributed by atoms with Crippen molar-refractivity contribution in [3.05, 3.63) is 23.4 Å². The highest BCUT2D eigenvalue weighted by molar-refractivity contribution is 5.85. The van der Waals surface area contributed by atoms with E-state index in [1.165, 1.54) is 24.0 Å². The minimum absolute atomic E-state index is 0. The van der Waals surface area contributed by atoms with E-state index in [2.05, 4.69) is 23.3 Å². The Balaban J connectivity index is 0.00000128. The lowest BCUT2D eigenvalue weighted by atomic mass is 9.88. The highest BCUT2D eigenvalue weighted by Crippen LogP contribution is 2.33. The molecule has 0 aromatic carbocycles. The molecular formula is C12H19ClN2O. The van der Waals surface area contributed by atoms with Gasteiger partial charge < -0.3 is 10.1 Å². The number of aromatic nitrogens is 1. The van der Waals surface area contributed by atoms with E-state index in [1.54, 1.807) is 7.11 Å². The normalized spacial score (nSPS) is 16.6. The smallest absolute Gasteiger partial charge is 0.216 e. The van der Waals surface area contributed by atoms with Gasteiger partial charge in [0.1, 0.15) is 0 Å². The van der Waals surface area contributed by atoms with Gasteiger partial charge in [-0.05, 0) is 50.4 Å². The zero-order chi connectivity index (χ0) is 10.7. The first-order chi connectivity index (χ1) is 7.33. The summed E-state index contributed by atoms with van der Waals surface area (Å²) in [6.07, 6.45) is 4.19. The topological polar surface area (TPSA) is 34.1 Å². The number of halogens is 1. The first-order valence-corrected chi connectivity index (χ1v) is 5.53. The molecule has 0 saturated carbocycles. The van der Waals surface area contributed by atoms with E-state index in [-0.39, 0.29) is 12.4 Å². The quantitative estimate of drug-likeness (QED) is 0.864. The third-order valence-electron chi connectivity index (χ3n) is 3.11. The summed E-state index contributed by atoms with van der Waals surface area (Å²) < 4.78 is 5.35. The molecule has 0 spiro atoms. The van der Waals surface area contributed by atoms with Crippen molar-refractivity contribution in [2.24, 2.45) is 0 Å². The predicted octanol–water partition coefficient (Wildman–Crippen LogP) is 2.29. The van der Waals surface area contributed by atoms with Crippen molar-refractivity contribution in [1.82, 2.24) is 10.3 Å². The number of pyridine rings is 1. The van der Waals surface area contributed by atoms with Gasteiger partial charge in [-0.25, -0.2) is 4.98 Å². The highest BCUT2D eigenvalue weighted by atomic mass is 35.5. The Morgan fingerprint density at radius 1 is 1.38 bits per heavy atom. The molecule has 3 nitrogen and oxygen atoms in total. The molecule has 1 aromatic rings. The van der Waals surface area contributed by atoms with Gasteiger partial charge in [-0.3, -0.25) is 0 Å². The molecule has 1 fully saturated rings. The molecule has 0 unspecified atom stereocenters. The second-order valence-electron chi connectivity index (χ2n) is 4.08. The lowest BCUT2D eigenvalue weighted by Gasteiger charge is -2.25. The lowest BCUT2D eigenvalue weighted by Crippen LogP contribution is -2.27. The van der Waals surface area contributed by atoms with Crippen molar-refractivity contribution in [3.63, 3.8) is 0 Å². The van der Waals surface area contributed by atoms with Gasteiger partial charge in [0, 0.05) is 11.8 Å². The van der Waals surface area contributed by atoms with Gasteiger partial charge in [0.25, 0.3) is 0 Å². The SMILES string of the molecule is COc1nccc(C)c1C1CCNCC1.Cl. The van der Waals surface area contributed by atoms with Crippen LogP contribution in [-0.2, 0) is 0 Å². The minimum Gasteiger partial charge on any atom is -0.481 e. The molecule has 90 valence electrons. The van der Waals surface area contributed by atoms with Gasteiger partial charge in [-0.2, -0.15) is 0 Å². The van der Waals surface area contributed by atoms with E-state index in [1.807, 2.05) is 6.20 Å². The van der Waals surface area contributed by atoms with Crippen molar-refractivity contribution < 1.29 is 4.74 Å². The Morgan fingerprint density at radius 2 is 2.06 bits per heavy atom. The van der Waals surface area contributed by atoms with Gasteiger partial charge in [0.15, 0.2) is 0 Å². The summed E-state index contributed by atoms with van der Waals surface area (Å²) in [7, 11) is 1.70. The molecule has 0 atom stereocenters. The van der Waals surface area contributed by atoms with Crippen LogP contribution in [0.3, 0.4) is 0 Å². The number of aryl methyl sites for hydroxylation is 1. The van der Waals surface area contributed by atoms with Crippen LogP contribution in [0, 0.1) is 6.92 Å². The van der Waals surface area contributed by atoms with Crippen LogP contribution in [0.4, 0.5) is 0 Å². The second kappa shape index (κ2) is 6.06. The lowest BCUT2D eigenvalue weighted by molar-refractivity contribution is 0.376.